The highest BCUT2D eigenvalue weighted by Gasteiger charge is 2.14. The number of pyridine rings is 2. The Labute approximate surface area is 123 Å². The number of rotatable bonds is 4. The fraction of sp³-hybridized carbons (Fsp3) is 0.0588. The molecule has 0 aliphatic carbocycles. The maximum atomic E-state index is 4.43. The minimum Gasteiger partial charge on any atom is -0.259 e. The minimum absolute atomic E-state index is 0.227. The fourth-order valence-corrected chi connectivity index (χ4v) is 2.00. The first kappa shape index (κ1) is 13.1. The lowest BCUT2D eigenvalue weighted by molar-refractivity contribution is 0.774. The van der Waals surface area contributed by atoms with Gasteiger partial charge >= 0.3 is 0 Å². The molecule has 0 bridgehead atoms. The Bertz CT molecular complexity index is 657. The zero-order valence-corrected chi connectivity index (χ0v) is 11.4. The van der Waals surface area contributed by atoms with Gasteiger partial charge in [0.25, 0.3) is 0 Å². The lowest BCUT2D eigenvalue weighted by Gasteiger charge is -2.10. The molecule has 102 valence electrons. The molecule has 3 rings (SSSR count). The molecule has 2 aromatic heterocycles. The highest BCUT2D eigenvalue weighted by atomic mass is 15.2. The molecule has 3 aromatic rings. The minimum atomic E-state index is -0.227. The summed E-state index contributed by atoms with van der Waals surface area (Å²) in [6, 6.07) is 21.1. The van der Waals surface area contributed by atoms with Gasteiger partial charge in [0.2, 0.25) is 0 Å². The second-order valence-corrected chi connectivity index (χ2v) is 4.47. The van der Waals surface area contributed by atoms with Crippen molar-refractivity contribution in [2.45, 2.75) is 6.04 Å². The molecule has 0 radical (unpaired) electrons. The summed E-state index contributed by atoms with van der Waals surface area (Å²) < 4.78 is 0. The van der Waals surface area contributed by atoms with E-state index in [2.05, 4.69) is 20.2 Å². The molecule has 0 saturated heterocycles. The molecule has 2 heterocycles. The van der Waals surface area contributed by atoms with Crippen LogP contribution in [0.25, 0.3) is 0 Å². The van der Waals surface area contributed by atoms with Crippen molar-refractivity contribution in [3.05, 3.63) is 90.4 Å². The average molecular weight is 274 g/mol. The van der Waals surface area contributed by atoms with Gasteiger partial charge < -0.3 is 0 Å². The molecule has 21 heavy (non-hydrogen) atoms. The second kappa shape index (κ2) is 6.52. The van der Waals surface area contributed by atoms with Crippen molar-refractivity contribution in [1.29, 1.82) is 0 Å². The lowest BCUT2D eigenvalue weighted by atomic mass is 10.0. The predicted octanol–water partition coefficient (Wildman–Crippen LogP) is 4.35. The largest absolute Gasteiger partial charge is 0.259 e. The van der Waals surface area contributed by atoms with Crippen LogP contribution in [0.4, 0.5) is 5.82 Å². The molecule has 0 saturated carbocycles. The zero-order chi connectivity index (χ0) is 14.3. The summed E-state index contributed by atoms with van der Waals surface area (Å²) in [5.41, 5.74) is 1.92. The fourth-order valence-electron chi connectivity index (χ4n) is 2.00. The Hall–Kier alpha value is -2.88. The number of azo groups is 1. The smallest absolute Gasteiger partial charge is 0.173 e. The van der Waals surface area contributed by atoms with Crippen LogP contribution in [0.3, 0.4) is 0 Å². The van der Waals surface area contributed by atoms with Crippen LogP contribution in [0, 0.1) is 0 Å². The third kappa shape index (κ3) is 3.36. The van der Waals surface area contributed by atoms with E-state index in [1.165, 1.54) is 0 Å². The van der Waals surface area contributed by atoms with Crippen molar-refractivity contribution >= 4 is 5.82 Å². The summed E-state index contributed by atoms with van der Waals surface area (Å²) in [6.45, 7) is 0. The summed E-state index contributed by atoms with van der Waals surface area (Å²) in [6.07, 6.45) is 3.47. The van der Waals surface area contributed by atoms with E-state index < -0.39 is 0 Å². The number of hydrogen-bond acceptors (Lipinski definition) is 4. The van der Waals surface area contributed by atoms with Crippen LogP contribution in [0.15, 0.2) is 89.4 Å². The first-order chi connectivity index (χ1) is 10.4. The van der Waals surface area contributed by atoms with Gasteiger partial charge in [0.15, 0.2) is 5.82 Å². The van der Waals surface area contributed by atoms with Gasteiger partial charge in [-0.15, -0.1) is 5.11 Å². The second-order valence-electron chi connectivity index (χ2n) is 4.47. The summed E-state index contributed by atoms with van der Waals surface area (Å²) >= 11 is 0. The normalized spacial score (nSPS) is 12.4. The SMILES string of the molecule is c1ccc(C(N=Nc2ccccn2)c2ccccn2)cc1. The van der Waals surface area contributed by atoms with Gasteiger partial charge in [-0.25, -0.2) is 4.98 Å². The maximum absolute atomic E-state index is 4.43. The van der Waals surface area contributed by atoms with Crippen LogP contribution < -0.4 is 0 Å². The van der Waals surface area contributed by atoms with Crippen LogP contribution >= 0.6 is 0 Å². The van der Waals surface area contributed by atoms with Crippen LogP contribution in [-0.4, -0.2) is 9.97 Å². The molecular formula is C17H14N4. The number of nitrogens with zero attached hydrogens (tertiary/aromatic N) is 4. The van der Waals surface area contributed by atoms with Crippen LogP contribution in [-0.2, 0) is 0 Å². The molecule has 0 spiro atoms. The van der Waals surface area contributed by atoms with Gasteiger partial charge in [-0.1, -0.05) is 42.5 Å². The van der Waals surface area contributed by atoms with Crippen LogP contribution in [0.5, 0.6) is 0 Å². The molecule has 0 amide bonds. The van der Waals surface area contributed by atoms with Crippen LogP contribution in [0.2, 0.25) is 0 Å². The quantitative estimate of drug-likeness (QED) is 0.664. The van der Waals surface area contributed by atoms with E-state index in [1.807, 2.05) is 66.7 Å². The Morgan fingerprint density at radius 3 is 2.10 bits per heavy atom. The Kier molecular flexibility index (Phi) is 4.07. The molecule has 0 aliphatic heterocycles. The summed E-state index contributed by atoms with van der Waals surface area (Å²) in [5, 5.41) is 8.67. The van der Waals surface area contributed by atoms with E-state index >= 15 is 0 Å². The topological polar surface area (TPSA) is 50.5 Å². The van der Waals surface area contributed by atoms with Gasteiger partial charge in [-0.2, -0.15) is 5.11 Å². The zero-order valence-electron chi connectivity index (χ0n) is 11.4. The Morgan fingerprint density at radius 1 is 0.714 bits per heavy atom. The van der Waals surface area contributed by atoms with Crippen LogP contribution in [0.1, 0.15) is 17.3 Å². The first-order valence-corrected chi connectivity index (χ1v) is 6.71. The van der Waals surface area contributed by atoms with Gasteiger partial charge in [-0.05, 0) is 29.8 Å². The van der Waals surface area contributed by atoms with E-state index in [0.29, 0.717) is 5.82 Å². The van der Waals surface area contributed by atoms with Crippen molar-refractivity contribution in [3.63, 3.8) is 0 Å². The summed E-state index contributed by atoms with van der Waals surface area (Å²) in [5.74, 6) is 0.592. The van der Waals surface area contributed by atoms with Crippen molar-refractivity contribution in [1.82, 2.24) is 9.97 Å². The highest BCUT2D eigenvalue weighted by Crippen LogP contribution is 2.25. The molecule has 4 heteroatoms. The van der Waals surface area contributed by atoms with Gasteiger partial charge in [0.05, 0.1) is 5.69 Å². The molecular weight excluding hydrogens is 260 g/mol. The third-order valence-corrected chi connectivity index (χ3v) is 3.01. The average Bonchev–Trinajstić information content (AvgIpc) is 2.58. The standard InChI is InChI=1S/C17H14N4/c1-2-8-14(9-3-1)17(15-10-4-6-12-18-15)21-20-16-11-5-7-13-19-16/h1-13,17H. The number of benzene rings is 1. The van der Waals surface area contributed by atoms with E-state index in [1.54, 1.807) is 12.4 Å². The van der Waals surface area contributed by atoms with Crippen molar-refractivity contribution in [2.24, 2.45) is 10.2 Å². The molecule has 1 unspecified atom stereocenters. The molecule has 1 aromatic carbocycles. The maximum Gasteiger partial charge on any atom is 0.173 e. The molecule has 0 aliphatic rings. The molecule has 0 fully saturated rings. The lowest BCUT2D eigenvalue weighted by Crippen LogP contribution is -1.99. The summed E-state index contributed by atoms with van der Waals surface area (Å²) in [4.78, 5) is 8.55. The number of hydrogen-bond donors (Lipinski definition) is 0. The van der Waals surface area contributed by atoms with E-state index in [0.717, 1.165) is 11.3 Å². The summed E-state index contributed by atoms with van der Waals surface area (Å²) in [7, 11) is 0. The number of aromatic nitrogens is 2. The molecule has 0 N–H and O–H groups in total. The Morgan fingerprint density at radius 2 is 1.43 bits per heavy atom. The van der Waals surface area contributed by atoms with Crippen molar-refractivity contribution in [3.8, 4) is 0 Å². The van der Waals surface area contributed by atoms with Gasteiger partial charge in [0.1, 0.15) is 6.04 Å². The van der Waals surface area contributed by atoms with E-state index in [-0.39, 0.29) is 6.04 Å². The Balaban J connectivity index is 1.96. The monoisotopic (exact) mass is 274 g/mol. The van der Waals surface area contributed by atoms with Crippen molar-refractivity contribution in [2.75, 3.05) is 0 Å². The molecule has 4 nitrogen and oxygen atoms in total. The van der Waals surface area contributed by atoms with Gasteiger partial charge in [-0.3, -0.25) is 4.98 Å². The molecule has 1 atom stereocenters. The van der Waals surface area contributed by atoms with E-state index in [4.69, 9.17) is 0 Å². The van der Waals surface area contributed by atoms with Crippen molar-refractivity contribution < 1.29 is 0 Å². The first-order valence-electron chi connectivity index (χ1n) is 6.71. The third-order valence-electron chi connectivity index (χ3n) is 3.01. The predicted molar refractivity (Wildman–Crippen MR) is 81.3 cm³/mol. The van der Waals surface area contributed by atoms with E-state index in [9.17, 15) is 0 Å². The highest BCUT2D eigenvalue weighted by molar-refractivity contribution is 5.29. The van der Waals surface area contributed by atoms with Gasteiger partial charge in [0, 0.05) is 12.4 Å².